The topological polar surface area (TPSA) is 76.9 Å². The van der Waals surface area contributed by atoms with Crippen molar-refractivity contribution in [2.24, 2.45) is 5.92 Å². The second-order valence-electron chi connectivity index (χ2n) is 4.13. The van der Waals surface area contributed by atoms with Gasteiger partial charge in [-0.15, -0.1) is 0 Å². The number of ether oxygens (including phenoxy) is 1. The molecule has 0 saturated carbocycles. The zero-order valence-corrected chi connectivity index (χ0v) is 10.0. The second kappa shape index (κ2) is 5.52. The van der Waals surface area contributed by atoms with E-state index >= 15 is 0 Å². The Morgan fingerprint density at radius 1 is 1.56 bits per heavy atom. The number of nitriles is 1. The monoisotopic (exact) mass is 222 g/mol. The fraction of sp³-hybridized carbons (Fsp3) is 0.636. The Balaban J connectivity index is 2.96. The highest BCUT2D eigenvalue weighted by Crippen LogP contribution is 2.18. The fourth-order valence-corrected chi connectivity index (χ4v) is 1.53. The summed E-state index contributed by atoms with van der Waals surface area (Å²) in [7, 11) is 1.62. The van der Waals surface area contributed by atoms with E-state index in [9.17, 15) is 0 Å². The lowest BCUT2D eigenvalue weighted by Crippen LogP contribution is -2.09. The van der Waals surface area contributed by atoms with Crippen molar-refractivity contribution in [2.75, 3.05) is 19.5 Å². The number of anilines is 1. The molecule has 0 spiro atoms. The van der Waals surface area contributed by atoms with E-state index in [-0.39, 0.29) is 0 Å². The van der Waals surface area contributed by atoms with Gasteiger partial charge in [-0.25, -0.2) is 4.68 Å². The molecule has 0 unspecified atom stereocenters. The molecule has 16 heavy (non-hydrogen) atoms. The summed E-state index contributed by atoms with van der Waals surface area (Å²) in [5, 5.41) is 13.4. The number of nitrogens with zero attached hydrogens (tertiary/aromatic N) is 3. The fourth-order valence-electron chi connectivity index (χ4n) is 1.53. The van der Waals surface area contributed by atoms with Crippen LogP contribution in [0.1, 0.15) is 25.1 Å². The lowest BCUT2D eigenvalue weighted by Gasteiger charge is -2.02. The third-order valence-electron chi connectivity index (χ3n) is 2.28. The van der Waals surface area contributed by atoms with Crippen LogP contribution in [0.15, 0.2) is 0 Å². The number of nitrogen functional groups attached to an aromatic ring is 1. The molecule has 0 aliphatic carbocycles. The normalized spacial score (nSPS) is 10.7. The average molecular weight is 222 g/mol. The zero-order valence-electron chi connectivity index (χ0n) is 10.0. The highest BCUT2D eigenvalue weighted by atomic mass is 16.5. The first-order chi connectivity index (χ1) is 7.60. The van der Waals surface area contributed by atoms with Gasteiger partial charge >= 0.3 is 0 Å². The summed E-state index contributed by atoms with van der Waals surface area (Å²) in [6.45, 7) is 5.30. The number of methoxy groups -OCH3 is 1. The van der Waals surface area contributed by atoms with Gasteiger partial charge in [0.15, 0.2) is 0 Å². The van der Waals surface area contributed by atoms with Crippen LogP contribution < -0.4 is 5.73 Å². The van der Waals surface area contributed by atoms with Gasteiger partial charge in [0.1, 0.15) is 17.5 Å². The van der Waals surface area contributed by atoms with Crippen molar-refractivity contribution in [3.8, 4) is 6.07 Å². The standard InChI is InChI=1S/C11H18N4O/c1-8(2)6-10-9(7-12)11(13)15(14-10)4-5-16-3/h8H,4-6,13H2,1-3H3. The summed E-state index contributed by atoms with van der Waals surface area (Å²) >= 11 is 0. The lowest BCUT2D eigenvalue weighted by atomic mass is 10.1. The molecule has 1 aromatic rings. The van der Waals surface area contributed by atoms with Crippen LogP contribution in [0.5, 0.6) is 0 Å². The van der Waals surface area contributed by atoms with Gasteiger partial charge in [0, 0.05) is 7.11 Å². The van der Waals surface area contributed by atoms with E-state index in [1.807, 2.05) is 0 Å². The molecule has 1 rings (SSSR count). The Kier molecular flexibility index (Phi) is 4.32. The first kappa shape index (κ1) is 12.5. The molecule has 0 radical (unpaired) electrons. The SMILES string of the molecule is COCCn1nc(CC(C)C)c(C#N)c1N. The summed E-state index contributed by atoms with van der Waals surface area (Å²) in [6.07, 6.45) is 0.771. The largest absolute Gasteiger partial charge is 0.383 e. The Morgan fingerprint density at radius 2 is 2.25 bits per heavy atom. The number of hydrogen-bond donors (Lipinski definition) is 1. The van der Waals surface area contributed by atoms with Crippen molar-refractivity contribution in [1.82, 2.24) is 9.78 Å². The molecule has 5 heteroatoms. The molecule has 2 N–H and O–H groups in total. The van der Waals surface area contributed by atoms with Crippen LogP contribution in [0.25, 0.3) is 0 Å². The molecule has 0 bridgehead atoms. The number of nitrogens with two attached hydrogens (primary N) is 1. The molecule has 88 valence electrons. The first-order valence-corrected chi connectivity index (χ1v) is 5.34. The minimum absolute atomic E-state index is 0.440. The molecule has 0 saturated heterocycles. The van der Waals surface area contributed by atoms with Gasteiger partial charge < -0.3 is 10.5 Å². The minimum atomic E-state index is 0.440. The Bertz CT molecular complexity index is 389. The van der Waals surface area contributed by atoms with Crippen molar-refractivity contribution >= 4 is 5.82 Å². The van der Waals surface area contributed by atoms with Crippen LogP contribution in [0.3, 0.4) is 0 Å². The summed E-state index contributed by atoms with van der Waals surface area (Å²) in [5.41, 5.74) is 7.14. The van der Waals surface area contributed by atoms with E-state index in [0.717, 1.165) is 12.1 Å². The van der Waals surface area contributed by atoms with Gasteiger partial charge in [-0.1, -0.05) is 13.8 Å². The lowest BCUT2D eigenvalue weighted by molar-refractivity contribution is 0.184. The zero-order chi connectivity index (χ0) is 12.1. The maximum atomic E-state index is 9.04. The number of rotatable bonds is 5. The van der Waals surface area contributed by atoms with Gasteiger partial charge in [0.25, 0.3) is 0 Å². The van der Waals surface area contributed by atoms with Gasteiger partial charge in [0.05, 0.1) is 18.8 Å². The van der Waals surface area contributed by atoms with Gasteiger partial charge in [0.2, 0.25) is 0 Å². The third-order valence-corrected chi connectivity index (χ3v) is 2.28. The molecule has 1 aromatic heterocycles. The molecular formula is C11H18N4O. The molecule has 1 heterocycles. The summed E-state index contributed by atoms with van der Waals surface area (Å²) < 4.78 is 6.60. The van der Waals surface area contributed by atoms with Gasteiger partial charge in [-0.2, -0.15) is 10.4 Å². The van der Waals surface area contributed by atoms with Crippen LogP contribution in [0, 0.1) is 17.2 Å². The second-order valence-corrected chi connectivity index (χ2v) is 4.13. The molecule has 0 aromatic carbocycles. The molecule has 0 atom stereocenters. The molecule has 5 nitrogen and oxygen atoms in total. The van der Waals surface area contributed by atoms with Crippen LogP contribution in [0.4, 0.5) is 5.82 Å². The van der Waals surface area contributed by atoms with E-state index in [1.165, 1.54) is 0 Å². The Hall–Kier alpha value is -1.54. The van der Waals surface area contributed by atoms with E-state index in [4.69, 9.17) is 15.7 Å². The third kappa shape index (κ3) is 2.74. The van der Waals surface area contributed by atoms with Crippen LogP contribution >= 0.6 is 0 Å². The van der Waals surface area contributed by atoms with Crippen molar-refractivity contribution in [3.05, 3.63) is 11.3 Å². The van der Waals surface area contributed by atoms with Crippen LogP contribution in [-0.4, -0.2) is 23.5 Å². The summed E-state index contributed by atoms with van der Waals surface area (Å²) in [4.78, 5) is 0. The van der Waals surface area contributed by atoms with E-state index in [0.29, 0.717) is 30.5 Å². The summed E-state index contributed by atoms with van der Waals surface area (Å²) in [5.74, 6) is 0.896. The predicted octanol–water partition coefficient (Wildman–Crippen LogP) is 1.18. The Labute approximate surface area is 95.8 Å². The van der Waals surface area contributed by atoms with Crippen molar-refractivity contribution in [3.63, 3.8) is 0 Å². The van der Waals surface area contributed by atoms with E-state index < -0.39 is 0 Å². The average Bonchev–Trinajstić information content (AvgIpc) is 2.51. The number of aromatic nitrogens is 2. The maximum absolute atomic E-state index is 9.04. The first-order valence-electron chi connectivity index (χ1n) is 5.34. The molecule has 0 aliphatic rings. The highest BCUT2D eigenvalue weighted by Gasteiger charge is 2.15. The maximum Gasteiger partial charge on any atom is 0.140 e. The predicted molar refractivity (Wildman–Crippen MR) is 61.8 cm³/mol. The van der Waals surface area contributed by atoms with E-state index in [2.05, 4.69) is 25.0 Å². The van der Waals surface area contributed by atoms with Crippen molar-refractivity contribution in [2.45, 2.75) is 26.8 Å². The quantitative estimate of drug-likeness (QED) is 0.811. The van der Waals surface area contributed by atoms with E-state index in [1.54, 1.807) is 11.8 Å². The molecule has 0 aliphatic heterocycles. The van der Waals surface area contributed by atoms with Crippen molar-refractivity contribution < 1.29 is 4.74 Å². The highest BCUT2D eigenvalue weighted by molar-refractivity contribution is 5.52. The van der Waals surface area contributed by atoms with Gasteiger partial charge in [-0.3, -0.25) is 0 Å². The van der Waals surface area contributed by atoms with Gasteiger partial charge in [-0.05, 0) is 12.3 Å². The minimum Gasteiger partial charge on any atom is -0.383 e. The molecular weight excluding hydrogens is 204 g/mol. The number of hydrogen-bond acceptors (Lipinski definition) is 4. The van der Waals surface area contributed by atoms with Crippen molar-refractivity contribution in [1.29, 1.82) is 5.26 Å². The Morgan fingerprint density at radius 3 is 2.75 bits per heavy atom. The smallest absolute Gasteiger partial charge is 0.140 e. The molecule has 0 fully saturated rings. The molecule has 0 amide bonds. The van der Waals surface area contributed by atoms with Crippen LogP contribution in [-0.2, 0) is 17.7 Å². The van der Waals surface area contributed by atoms with Crippen LogP contribution in [0.2, 0.25) is 0 Å². The summed E-state index contributed by atoms with van der Waals surface area (Å²) in [6, 6.07) is 2.12.